The number of hydrogen-bond acceptors (Lipinski definition) is 4. The molecule has 1 heterocycles. The monoisotopic (exact) mass is 284 g/mol. The van der Waals surface area contributed by atoms with Gasteiger partial charge in [-0.1, -0.05) is 13.3 Å². The standard InChI is InChI=1S/C16H32N2O2/c1-3-17-16(13-19)9-4-6-14(16)8-10-18(2)12-15-7-5-11-20-15/h14-15,17,19H,3-13H2,1-2H3. The van der Waals surface area contributed by atoms with E-state index < -0.39 is 0 Å². The van der Waals surface area contributed by atoms with Gasteiger partial charge in [0.2, 0.25) is 0 Å². The van der Waals surface area contributed by atoms with Gasteiger partial charge in [0, 0.05) is 18.7 Å². The molecular formula is C16H32N2O2. The molecule has 1 aliphatic heterocycles. The third-order valence-corrected chi connectivity index (χ3v) is 5.17. The number of nitrogens with zero attached hydrogens (tertiary/aromatic N) is 1. The maximum atomic E-state index is 9.82. The van der Waals surface area contributed by atoms with Crippen molar-refractivity contribution < 1.29 is 9.84 Å². The van der Waals surface area contributed by atoms with Crippen LogP contribution in [0.3, 0.4) is 0 Å². The normalized spacial score (nSPS) is 34.2. The van der Waals surface area contributed by atoms with Crippen LogP contribution in [0.15, 0.2) is 0 Å². The molecule has 0 radical (unpaired) electrons. The summed E-state index contributed by atoms with van der Waals surface area (Å²) in [6.45, 7) is 6.47. The lowest BCUT2D eigenvalue weighted by atomic mass is 9.85. The number of nitrogens with one attached hydrogen (secondary N) is 1. The zero-order chi connectivity index (χ0) is 14.4. The maximum Gasteiger partial charge on any atom is 0.0702 e. The molecule has 1 saturated carbocycles. The molecule has 118 valence electrons. The predicted octanol–water partition coefficient (Wildman–Crippen LogP) is 1.63. The van der Waals surface area contributed by atoms with Crippen LogP contribution in [0.25, 0.3) is 0 Å². The van der Waals surface area contributed by atoms with E-state index in [1.807, 2.05) is 0 Å². The van der Waals surface area contributed by atoms with Gasteiger partial charge in [-0.15, -0.1) is 0 Å². The summed E-state index contributed by atoms with van der Waals surface area (Å²) in [6, 6.07) is 0. The summed E-state index contributed by atoms with van der Waals surface area (Å²) >= 11 is 0. The fourth-order valence-corrected chi connectivity index (χ4v) is 4.02. The van der Waals surface area contributed by atoms with E-state index in [9.17, 15) is 5.11 Å². The van der Waals surface area contributed by atoms with Crippen LogP contribution in [-0.2, 0) is 4.74 Å². The number of hydrogen-bond donors (Lipinski definition) is 2. The van der Waals surface area contributed by atoms with Crippen molar-refractivity contribution in [2.75, 3.05) is 39.9 Å². The Labute approximate surface area is 123 Å². The maximum absolute atomic E-state index is 9.82. The third kappa shape index (κ3) is 3.94. The van der Waals surface area contributed by atoms with E-state index in [1.54, 1.807) is 0 Å². The Bertz CT molecular complexity index is 282. The molecule has 2 fully saturated rings. The lowest BCUT2D eigenvalue weighted by Crippen LogP contribution is -2.52. The minimum atomic E-state index is -0.0144. The van der Waals surface area contributed by atoms with Crippen LogP contribution >= 0.6 is 0 Å². The minimum absolute atomic E-state index is 0.0144. The largest absolute Gasteiger partial charge is 0.394 e. The summed E-state index contributed by atoms with van der Waals surface area (Å²) in [5.41, 5.74) is -0.0144. The molecule has 0 aromatic carbocycles. The van der Waals surface area contributed by atoms with Crippen molar-refractivity contribution in [2.45, 2.75) is 57.1 Å². The van der Waals surface area contributed by atoms with E-state index in [-0.39, 0.29) is 12.1 Å². The molecule has 3 atom stereocenters. The Hall–Kier alpha value is -0.160. The molecular weight excluding hydrogens is 252 g/mol. The van der Waals surface area contributed by atoms with Crippen molar-refractivity contribution in [3.63, 3.8) is 0 Å². The Balaban J connectivity index is 1.76. The van der Waals surface area contributed by atoms with Gasteiger partial charge in [0.05, 0.1) is 12.7 Å². The van der Waals surface area contributed by atoms with Crippen LogP contribution in [0.2, 0.25) is 0 Å². The quantitative estimate of drug-likeness (QED) is 0.711. The van der Waals surface area contributed by atoms with E-state index in [2.05, 4.69) is 24.2 Å². The highest BCUT2D eigenvalue weighted by Gasteiger charge is 2.41. The highest BCUT2D eigenvalue weighted by atomic mass is 16.5. The van der Waals surface area contributed by atoms with Gasteiger partial charge in [-0.2, -0.15) is 0 Å². The zero-order valence-electron chi connectivity index (χ0n) is 13.2. The summed E-state index contributed by atoms with van der Waals surface area (Å²) in [7, 11) is 2.20. The van der Waals surface area contributed by atoms with E-state index in [0.717, 1.165) is 32.7 Å². The number of rotatable bonds is 8. The predicted molar refractivity (Wildman–Crippen MR) is 81.9 cm³/mol. The molecule has 2 rings (SSSR count). The molecule has 20 heavy (non-hydrogen) atoms. The Morgan fingerprint density at radius 1 is 1.35 bits per heavy atom. The average Bonchev–Trinajstić information content (AvgIpc) is 3.07. The lowest BCUT2D eigenvalue weighted by Gasteiger charge is -2.36. The molecule has 2 N–H and O–H groups in total. The molecule has 4 heteroatoms. The van der Waals surface area contributed by atoms with E-state index in [4.69, 9.17) is 4.74 Å². The molecule has 2 aliphatic rings. The van der Waals surface area contributed by atoms with Gasteiger partial charge in [0.1, 0.15) is 0 Å². The van der Waals surface area contributed by atoms with Crippen LogP contribution in [0, 0.1) is 5.92 Å². The van der Waals surface area contributed by atoms with Crippen molar-refractivity contribution in [3.05, 3.63) is 0 Å². The molecule has 1 aliphatic carbocycles. The van der Waals surface area contributed by atoms with Gasteiger partial charge in [-0.25, -0.2) is 0 Å². The Kier molecular flexibility index (Phi) is 6.27. The summed E-state index contributed by atoms with van der Waals surface area (Å²) < 4.78 is 5.70. The topological polar surface area (TPSA) is 44.7 Å². The summed E-state index contributed by atoms with van der Waals surface area (Å²) in [6.07, 6.45) is 7.67. The Morgan fingerprint density at radius 3 is 2.85 bits per heavy atom. The van der Waals surface area contributed by atoms with Crippen LogP contribution in [-0.4, -0.2) is 61.5 Å². The summed E-state index contributed by atoms with van der Waals surface area (Å²) in [5.74, 6) is 0.611. The van der Waals surface area contributed by atoms with Gasteiger partial charge in [0.15, 0.2) is 0 Å². The molecule has 4 nitrogen and oxygen atoms in total. The molecule has 0 spiro atoms. The number of aliphatic hydroxyl groups excluding tert-OH is 1. The second-order valence-corrected chi connectivity index (χ2v) is 6.62. The van der Waals surface area contributed by atoms with E-state index >= 15 is 0 Å². The second-order valence-electron chi connectivity index (χ2n) is 6.62. The molecule has 0 bridgehead atoms. The first-order chi connectivity index (χ1) is 9.70. The van der Waals surface area contributed by atoms with Gasteiger partial charge >= 0.3 is 0 Å². The van der Waals surface area contributed by atoms with Gasteiger partial charge in [0.25, 0.3) is 0 Å². The second kappa shape index (κ2) is 7.74. The molecule has 3 unspecified atom stereocenters. The average molecular weight is 284 g/mol. The van der Waals surface area contributed by atoms with Gasteiger partial charge in [-0.3, -0.25) is 0 Å². The number of aliphatic hydroxyl groups is 1. The number of likely N-dealkylation sites (N-methyl/N-ethyl adjacent to an activating group) is 2. The smallest absolute Gasteiger partial charge is 0.0702 e. The molecule has 0 aromatic rings. The summed E-state index contributed by atoms with van der Waals surface area (Å²) in [4.78, 5) is 2.41. The zero-order valence-corrected chi connectivity index (χ0v) is 13.2. The third-order valence-electron chi connectivity index (χ3n) is 5.17. The lowest BCUT2D eigenvalue weighted by molar-refractivity contribution is 0.0740. The minimum Gasteiger partial charge on any atom is -0.394 e. The van der Waals surface area contributed by atoms with Crippen molar-refractivity contribution in [2.24, 2.45) is 5.92 Å². The Morgan fingerprint density at radius 2 is 2.20 bits per heavy atom. The van der Waals surface area contributed by atoms with Crippen molar-refractivity contribution in [1.29, 1.82) is 0 Å². The van der Waals surface area contributed by atoms with E-state index in [0.29, 0.717) is 12.0 Å². The van der Waals surface area contributed by atoms with Crippen LogP contribution in [0.1, 0.15) is 45.4 Å². The first-order valence-corrected chi connectivity index (χ1v) is 8.36. The van der Waals surface area contributed by atoms with Crippen molar-refractivity contribution >= 4 is 0 Å². The first-order valence-electron chi connectivity index (χ1n) is 8.36. The van der Waals surface area contributed by atoms with E-state index in [1.165, 1.54) is 32.1 Å². The first kappa shape index (κ1) is 16.2. The molecule has 0 aromatic heterocycles. The fourth-order valence-electron chi connectivity index (χ4n) is 4.02. The van der Waals surface area contributed by atoms with Crippen LogP contribution in [0.5, 0.6) is 0 Å². The van der Waals surface area contributed by atoms with Crippen LogP contribution in [0.4, 0.5) is 0 Å². The highest BCUT2D eigenvalue weighted by molar-refractivity contribution is 4.98. The van der Waals surface area contributed by atoms with Crippen molar-refractivity contribution in [3.8, 4) is 0 Å². The number of ether oxygens (including phenoxy) is 1. The SMILES string of the molecule is CCNC1(CO)CCCC1CCN(C)CC1CCCO1. The van der Waals surface area contributed by atoms with Crippen molar-refractivity contribution in [1.82, 2.24) is 10.2 Å². The van der Waals surface area contributed by atoms with Gasteiger partial charge in [-0.05, 0) is 58.2 Å². The molecule has 0 amide bonds. The summed E-state index contributed by atoms with van der Waals surface area (Å²) in [5, 5.41) is 13.4. The van der Waals surface area contributed by atoms with Crippen LogP contribution < -0.4 is 5.32 Å². The van der Waals surface area contributed by atoms with Gasteiger partial charge < -0.3 is 20.1 Å². The molecule has 1 saturated heterocycles. The highest BCUT2D eigenvalue weighted by Crippen LogP contribution is 2.37. The fraction of sp³-hybridized carbons (Fsp3) is 1.00.